The summed E-state index contributed by atoms with van der Waals surface area (Å²) in [7, 11) is -1.48. The Kier molecular flexibility index (Phi) is 2.78. The molecule has 0 unspecified atom stereocenters. The predicted molar refractivity (Wildman–Crippen MR) is 73.7 cm³/mol. The lowest BCUT2D eigenvalue weighted by Gasteiger charge is -2.26. The maximum Gasteiger partial charge on any atom is 0.235 e. The van der Waals surface area contributed by atoms with Crippen molar-refractivity contribution in [1.29, 1.82) is 0 Å². The van der Waals surface area contributed by atoms with Gasteiger partial charge in [-0.25, -0.2) is 8.42 Å². The number of rotatable bonds is 3. The number of anilines is 2. The first-order chi connectivity index (χ1) is 8.97. The van der Waals surface area contributed by atoms with Crippen LogP contribution in [0.4, 0.5) is 11.4 Å². The molecule has 1 aromatic carbocycles. The van der Waals surface area contributed by atoms with Gasteiger partial charge in [0, 0.05) is 24.8 Å². The summed E-state index contributed by atoms with van der Waals surface area (Å²) in [6.07, 6.45) is 2.63. The molecule has 1 amide bonds. The number of sulfonamides is 1. The third-order valence-corrected chi connectivity index (χ3v) is 5.52. The van der Waals surface area contributed by atoms with Crippen molar-refractivity contribution in [2.75, 3.05) is 16.7 Å². The van der Waals surface area contributed by atoms with Crippen molar-refractivity contribution < 1.29 is 13.2 Å². The number of fused-ring (bicyclic) bond motifs is 1. The van der Waals surface area contributed by atoms with Crippen molar-refractivity contribution in [3.05, 3.63) is 23.8 Å². The minimum Gasteiger partial charge on any atom is -0.315 e. The zero-order valence-corrected chi connectivity index (χ0v) is 11.5. The van der Waals surface area contributed by atoms with Gasteiger partial charge in [-0.05, 0) is 43.0 Å². The number of hydrogen-bond donors (Lipinski definition) is 1. The Morgan fingerprint density at radius 1 is 1.26 bits per heavy atom. The van der Waals surface area contributed by atoms with E-state index in [2.05, 4.69) is 4.72 Å². The number of hydrogen-bond acceptors (Lipinski definition) is 3. The van der Waals surface area contributed by atoms with Gasteiger partial charge < -0.3 is 4.90 Å². The summed E-state index contributed by atoms with van der Waals surface area (Å²) in [6, 6.07) is 5.35. The number of carbonyl (C=O) groups is 1. The van der Waals surface area contributed by atoms with E-state index in [0.29, 0.717) is 18.5 Å². The smallest absolute Gasteiger partial charge is 0.235 e. The maximum atomic E-state index is 11.9. The van der Waals surface area contributed by atoms with Gasteiger partial charge in [-0.2, -0.15) is 0 Å². The van der Waals surface area contributed by atoms with E-state index in [0.717, 1.165) is 24.1 Å². The number of amides is 1. The van der Waals surface area contributed by atoms with Crippen LogP contribution in [0.5, 0.6) is 0 Å². The molecule has 1 heterocycles. The number of nitrogens with one attached hydrogen (secondary N) is 1. The zero-order chi connectivity index (χ0) is 13.6. The second kappa shape index (κ2) is 4.23. The van der Waals surface area contributed by atoms with E-state index < -0.39 is 10.0 Å². The quantitative estimate of drug-likeness (QED) is 0.912. The fourth-order valence-corrected chi connectivity index (χ4v) is 3.72. The van der Waals surface area contributed by atoms with Gasteiger partial charge in [0.25, 0.3) is 0 Å². The van der Waals surface area contributed by atoms with Gasteiger partial charge in [-0.1, -0.05) is 0 Å². The molecule has 2 aliphatic rings. The second-order valence-electron chi connectivity index (χ2n) is 5.14. The molecule has 1 aromatic rings. The molecule has 1 aliphatic carbocycles. The predicted octanol–water partition coefficient (Wildman–Crippen LogP) is 1.50. The number of benzene rings is 1. The lowest BCUT2D eigenvalue weighted by molar-refractivity contribution is -0.118. The third kappa shape index (κ3) is 2.32. The van der Waals surface area contributed by atoms with Crippen LogP contribution in [0.3, 0.4) is 0 Å². The largest absolute Gasteiger partial charge is 0.315 e. The highest BCUT2D eigenvalue weighted by atomic mass is 32.2. The Bertz CT molecular complexity index is 635. The summed E-state index contributed by atoms with van der Waals surface area (Å²) in [5.41, 5.74) is 2.47. The maximum absolute atomic E-state index is 11.9. The van der Waals surface area contributed by atoms with Crippen LogP contribution in [-0.2, 0) is 21.2 Å². The van der Waals surface area contributed by atoms with E-state index in [1.165, 1.54) is 0 Å². The molecular formula is C13H16N2O3S. The van der Waals surface area contributed by atoms with Crippen LogP contribution < -0.4 is 9.62 Å². The van der Waals surface area contributed by atoms with Crippen molar-refractivity contribution >= 4 is 27.3 Å². The first-order valence-electron chi connectivity index (χ1n) is 6.38. The molecule has 0 radical (unpaired) electrons. The van der Waals surface area contributed by atoms with Gasteiger partial charge in [0.05, 0.1) is 5.25 Å². The minimum atomic E-state index is -3.22. The SMILES string of the molecule is CN1C(=O)CCc2cc(NS(=O)(=O)C3CC3)ccc21. The number of aryl methyl sites for hydroxylation is 1. The van der Waals surface area contributed by atoms with Gasteiger partial charge in [0.1, 0.15) is 0 Å². The highest BCUT2D eigenvalue weighted by Crippen LogP contribution is 2.32. The highest BCUT2D eigenvalue weighted by Gasteiger charge is 2.35. The monoisotopic (exact) mass is 280 g/mol. The van der Waals surface area contributed by atoms with Crippen molar-refractivity contribution in [1.82, 2.24) is 0 Å². The summed E-state index contributed by atoms with van der Waals surface area (Å²) in [6.45, 7) is 0. The van der Waals surface area contributed by atoms with Gasteiger partial charge >= 0.3 is 0 Å². The Balaban J connectivity index is 1.88. The summed E-state index contributed by atoms with van der Waals surface area (Å²) < 4.78 is 26.4. The average Bonchev–Trinajstić information content (AvgIpc) is 3.18. The number of carbonyl (C=O) groups excluding carboxylic acids is 1. The first kappa shape index (κ1) is 12.5. The van der Waals surface area contributed by atoms with Crippen molar-refractivity contribution in [2.45, 2.75) is 30.9 Å². The molecule has 0 saturated heterocycles. The highest BCUT2D eigenvalue weighted by molar-refractivity contribution is 7.93. The number of nitrogens with zero attached hydrogens (tertiary/aromatic N) is 1. The normalized spacial score (nSPS) is 19.2. The molecule has 0 aromatic heterocycles. The average molecular weight is 280 g/mol. The fourth-order valence-electron chi connectivity index (χ4n) is 2.35. The van der Waals surface area contributed by atoms with E-state index in [-0.39, 0.29) is 11.2 Å². The van der Waals surface area contributed by atoms with Crippen molar-refractivity contribution in [2.24, 2.45) is 0 Å². The second-order valence-corrected chi connectivity index (χ2v) is 7.10. The van der Waals surface area contributed by atoms with Crippen LogP contribution in [0.1, 0.15) is 24.8 Å². The van der Waals surface area contributed by atoms with Crippen molar-refractivity contribution in [3.8, 4) is 0 Å². The lowest BCUT2D eigenvalue weighted by atomic mass is 10.0. The fraction of sp³-hybridized carbons (Fsp3) is 0.462. The lowest BCUT2D eigenvalue weighted by Crippen LogP contribution is -2.31. The van der Waals surface area contributed by atoms with E-state index >= 15 is 0 Å². The van der Waals surface area contributed by atoms with E-state index in [1.54, 1.807) is 24.1 Å². The molecule has 6 heteroatoms. The standard InChI is InChI=1S/C13H16N2O3S/c1-15-12-6-3-10(8-9(12)2-7-13(15)16)14-19(17,18)11-4-5-11/h3,6,8,11,14H,2,4-5,7H2,1H3. The minimum absolute atomic E-state index is 0.0961. The molecular weight excluding hydrogens is 264 g/mol. The van der Waals surface area contributed by atoms with Gasteiger partial charge in [-0.15, -0.1) is 0 Å². The van der Waals surface area contributed by atoms with Gasteiger partial charge in [0.15, 0.2) is 0 Å². The molecule has 102 valence electrons. The first-order valence-corrected chi connectivity index (χ1v) is 7.93. The molecule has 3 rings (SSSR count). The van der Waals surface area contributed by atoms with Crippen LogP contribution in [0, 0.1) is 0 Å². The third-order valence-electron chi connectivity index (χ3n) is 3.65. The Morgan fingerprint density at radius 2 is 2.00 bits per heavy atom. The molecule has 5 nitrogen and oxygen atoms in total. The Labute approximate surface area is 112 Å². The van der Waals surface area contributed by atoms with E-state index in [1.807, 2.05) is 6.07 Å². The summed E-state index contributed by atoms with van der Waals surface area (Å²) in [5.74, 6) is 0.0961. The summed E-state index contributed by atoms with van der Waals surface area (Å²) in [5, 5.41) is -0.229. The van der Waals surface area contributed by atoms with E-state index in [4.69, 9.17) is 0 Å². The van der Waals surface area contributed by atoms with Crippen LogP contribution >= 0.6 is 0 Å². The Morgan fingerprint density at radius 3 is 2.68 bits per heavy atom. The van der Waals surface area contributed by atoms with Gasteiger partial charge in [-0.3, -0.25) is 9.52 Å². The summed E-state index contributed by atoms with van der Waals surface area (Å²) >= 11 is 0. The van der Waals surface area contributed by atoms with Crippen molar-refractivity contribution in [3.63, 3.8) is 0 Å². The molecule has 1 saturated carbocycles. The molecule has 0 bridgehead atoms. The molecule has 19 heavy (non-hydrogen) atoms. The summed E-state index contributed by atoms with van der Waals surface area (Å²) in [4.78, 5) is 13.2. The molecule has 1 N–H and O–H groups in total. The topological polar surface area (TPSA) is 66.5 Å². The van der Waals surface area contributed by atoms with Crippen LogP contribution in [0.25, 0.3) is 0 Å². The van der Waals surface area contributed by atoms with Gasteiger partial charge in [0.2, 0.25) is 15.9 Å². The van der Waals surface area contributed by atoms with Crippen LogP contribution in [-0.4, -0.2) is 26.6 Å². The molecule has 1 fully saturated rings. The zero-order valence-electron chi connectivity index (χ0n) is 10.7. The molecule has 1 aliphatic heterocycles. The van der Waals surface area contributed by atoms with Crippen LogP contribution in [0.2, 0.25) is 0 Å². The van der Waals surface area contributed by atoms with E-state index in [9.17, 15) is 13.2 Å². The molecule has 0 spiro atoms. The Hall–Kier alpha value is -1.56. The molecule has 0 atom stereocenters. The van der Waals surface area contributed by atoms with Crippen LogP contribution in [0.15, 0.2) is 18.2 Å².